The summed E-state index contributed by atoms with van der Waals surface area (Å²) in [5.41, 5.74) is 0.0322. The van der Waals surface area contributed by atoms with Gasteiger partial charge in [-0.15, -0.1) is 0 Å². The second kappa shape index (κ2) is 8.91. The van der Waals surface area contributed by atoms with Gasteiger partial charge in [-0.3, -0.25) is 9.59 Å². The quantitative estimate of drug-likeness (QED) is 0.513. The van der Waals surface area contributed by atoms with E-state index in [-0.39, 0.29) is 11.7 Å². The third-order valence-electron chi connectivity index (χ3n) is 5.32. The average Bonchev–Trinajstić information content (AvgIpc) is 3.10. The zero-order valence-electron chi connectivity index (χ0n) is 16.5. The van der Waals surface area contributed by atoms with Crippen molar-refractivity contribution in [2.75, 3.05) is 13.2 Å². The van der Waals surface area contributed by atoms with Gasteiger partial charge in [0.15, 0.2) is 5.05 Å². The third kappa shape index (κ3) is 4.72. The van der Waals surface area contributed by atoms with Crippen LogP contribution in [0.5, 0.6) is 0 Å². The van der Waals surface area contributed by atoms with Crippen molar-refractivity contribution in [1.82, 2.24) is 4.90 Å². The highest BCUT2D eigenvalue weighted by molar-refractivity contribution is 7.80. The number of thiocarbonyl (C=S) groups is 1. The van der Waals surface area contributed by atoms with Gasteiger partial charge in [0.25, 0.3) is 5.91 Å². The van der Waals surface area contributed by atoms with Crippen LogP contribution in [0.2, 0.25) is 0 Å². The molecule has 27 heavy (non-hydrogen) atoms. The number of likely N-dealkylation sites (tertiary alicyclic amines) is 1. The molecule has 0 aromatic heterocycles. The topological polar surface area (TPSA) is 46.6 Å². The molecule has 6 heteroatoms. The maximum atomic E-state index is 13.7. The summed E-state index contributed by atoms with van der Waals surface area (Å²) >= 11 is 5.47. The largest absolute Gasteiger partial charge is 0.485 e. The average molecular weight is 394 g/mol. The van der Waals surface area contributed by atoms with E-state index in [1.54, 1.807) is 19.9 Å². The smallest absolute Gasteiger partial charge is 0.291 e. The summed E-state index contributed by atoms with van der Waals surface area (Å²) in [4.78, 5) is 27.2. The molecule has 4 nitrogen and oxygen atoms in total. The minimum absolute atomic E-state index is 0.188. The van der Waals surface area contributed by atoms with E-state index in [9.17, 15) is 14.0 Å². The van der Waals surface area contributed by atoms with Gasteiger partial charge in [0.1, 0.15) is 11.9 Å². The molecular weight excluding hydrogens is 365 g/mol. The Morgan fingerprint density at radius 2 is 2.04 bits per heavy atom. The Balaban J connectivity index is 2.35. The van der Waals surface area contributed by atoms with E-state index in [2.05, 4.69) is 0 Å². The first kappa shape index (κ1) is 21.5. The predicted molar refractivity (Wildman–Crippen MR) is 107 cm³/mol. The third-order valence-corrected chi connectivity index (χ3v) is 5.68. The van der Waals surface area contributed by atoms with Crippen LogP contribution >= 0.6 is 12.2 Å². The van der Waals surface area contributed by atoms with Crippen molar-refractivity contribution in [2.24, 2.45) is 5.41 Å². The predicted octanol–water partition coefficient (Wildman–Crippen LogP) is 4.27. The van der Waals surface area contributed by atoms with Gasteiger partial charge in [-0.25, -0.2) is 4.39 Å². The van der Waals surface area contributed by atoms with Gasteiger partial charge in [-0.2, -0.15) is 0 Å². The maximum Gasteiger partial charge on any atom is 0.291 e. The summed E-state index contributed by atoms with van der Waals surface area (Å²) in [5, 5.41) is 0.291. The first-order chi connectivity index (χ1) is 12.7. The van der Waals surface area contributed by atoms with Gasteiger partial charge in [0.05, 0.1) is 6.61 Å². The van der Waals surface area contributed by atoms with E-state index >= 15 is 0 Å². The molecule has 2 rings (SSSR count). The molecule has 1 aromatic rings. The second-order valence-corrected chi connectivity index (χ2v) is 8.03. The van der Waals surface area contributed by atoms with Gasteiger partial charge in [-0.1, -0.05) is 39.8 Å². The fourth-order valence-corrected chi connectivity index (χ4v) is 3.64. The first-order valence-electron chi connectivity index (χ1n) is 9.50. The normalized spacial score (nSPS) is 19.8. The van der Waals surface area contributed by atoms with Crippen LogP contribution in [0.3, 0.4) is 0 Å². The number of carbonyl (C=O) groups excluding carboxylic acids is 2. The van der Waals surface area contributed by atoms with Crippen LogP contribution in [0.1, 0.15) is 58.4 Å². The van der Waals surface area contributed by atoms with Gasteiger partial charge in [0.2, 0.25) is 5.78 Å². The van der Waals surface area contributed by atoms with Gasteiger partial charge >= 0.3 is 0 Å². The lowest BCUT2D eigenvalue weighted by molar-refractivity contribution is -0.149. The van der Waals surface area contributed by atoms with Gasteiger partial charge in [0, 0.05) is 17.9 Å². The molecule has 2 atom stereocenters. The number of hydrogen-bond donors (Lipinski definition) is 0. The lowest BCUT2D eigenvalue weighted by atomic mass is 9.84. The van der Waals surface area contributed by atoms with Crippen LogP contribution in [-0.4, -0.2) is 40.8 Å². The van der Waals surface area contributed by atoms with E-state index in [1.165, 1.54) is 17.0 Å². The van der Waals surface area contributed by atoms with E-state index in [1.807, 2.05) is 19.9 Å². The molecule has 1 saturated heterocycles. The molecule has 1 amide bonds. The van der Waals surface area contributed by atoms with Crippen molar-refractivity contribution in [1.29, 1.82) is 0 Å². The minimum atomic E-state index is -0.732. The fourth-order valence-electron chi connectivity index (χ4n) is 3.27. The molecule has 1 aromatic carbocycles. The number of benzene rings is 1. The summed E-state index contributed by atoms with van der Waals surface area (Å²) in [6, 6.07) is 5.78. The van der Waals surface area contributed by atoms with Crippen LogP contribution in [0.25, 0.3) is 0 Å². The molecule has 0 saturated carbocycles. The number of carbonyl (C=O) groups is 2. The van der Waals surface area contributed by atoms with Gasteiger partial charge in [-0.05, 0) is 49.2 Å². The Hall–Kier alpha value is -1.82. The molecular formula is C21H28FNO3S. The summed E-state index contributed by atoms with van der Waals surface area (Å²) in [6.07, 6.45) is 1.96. The van der Waals surface area contributed by atoms with E-state index in [4.69, 9.17) is 17.0 Å². The molecule has 0 bridgehead atoms. The van der Waals surface area contributed by atoms with Crippen molar-refractivity contribution in [2.45, 2.75) is 58.9 Å². The Bertz CT molecular complexity index is 719. The molecule has 0 aliphatic carbocycles. The van der Waals surface area contributed by atoms with Crippen molar-refractivity contribution in [3.05, 3.63) is 35.6 Å². The molecule has 0 radical (unpaired) electrons. The Labute approximate surface area is 166 Å². The number of rotatable bonds is 7. The van der Waals surface area contributed by atoms with Crippen molar-refractivity contribution >= 4 is 29.0 Å². The molecule has 148 valence electrons. The Morgan fingerprint density at radius 1 is 1.33 bits per heavy atom. The van der Waals surface area contributed by atoms with Crippen LogP contribution < -0.4 is 0 Å². The summed E-state index contributed by atoms with van der Waals surface area (Å²) < 4.78 is 19.4. The standard InChI is InChI=1S/C21H28FNO3S/c1-5-12-26-20(27)17-16(14-8-7-9-15(22)13-14)10-11-23(17)19(25)18(24)21(3,4)6-2/h7-9,13,16-17H,5-6,10-12H2,1-4H3/t16?,17-/m0/s1. The van der Waals surface area contributed by atoms with Crippen LogP contribution in [-0.2, 0) is 14.3 Å². The second-order valence-electron chi connectivity index (χ2n) is 7.63. The van der Waals surface area contributed by atoms with Crippen LogP contribution in [0.15, 0.2) is 24.3 Å². The molecule has 1 heterocycles. The number of hydrogen-bond acceptors (Lipinski definition) is 4. The zero-order valence-corrected chi connectivity index (χ0v) is 17.3. The maximum absolute atomic E-state index is 13.7. The highest BCUT2D eigenvalue weighted by Gasteiger charge is 2.45. The molecule has 1 aliphatic rings. The van der Waals surface area contributed by atoms with E-state index < -0.39 is 23.1 Å². The Kier molecular flexibility index (Phi) is 7.09. The molecule has 0 N–H and O–H groups in total. The number of halogens is 1. The molecule has 1 aliphatic heterocycles. The van der Waals surface area contributed by atoms with Crippen molar-refractivity contribution < 1.29 is 18.7 Å². The number of nitrogens with zero attached hydrogens (tertiary/aromatic N) is 1. The minimum Gasteiger partial charge on any atom is -0.485 e. The highest BCUT2D eigenvalue weighted by atomic mass is 32.1. The van der Waals surface area contributed by atoms with Gasteiger partial charge < -0.3 is 9.64 Å². The lowest BCUT2D eigenvalue weighted by Gasteiger charge is -2.30. The van der Waals surface area contributed by atoms with Crippen LogP contribution in [0.4, 0.5) is 4.39 Å². The van der Waals surface area contributed by atoms with Crippen molar-refractivity contribution in [3.8, 4) is 0 Å². The number of ether oxygens (including phenoxy) is 1. The SMILES string of the molecule is CCCOC(=S)[C@@H]1C(c2cccc(F)c2)CCN1C(=O)C(=O)C(C)(C)CC. The molecule has 0 spiro atoms. The summed E-state index contributed by atoms with van der Waals surface area (Å²) in [6.45, 7) is 8.24. The number of Topliss-reactive ketones (excluding diaryl/α,β-unsaturated/α-hetero) is 1. The van der Waals surface area contributed by atoms with E-state index in [0.29, 0.717) is 31.0 Å². The Morgan fingerprint density at radius 3 is 2.63 bits per heavy atom. The lowest BCUT2D eigenvalue weighted by Crippen LogP contribution is -2.48. The van der Waals surface area contributed by atoms with Crippen LogP contribution in [0, 0.1) is 11.2 Å². The monoisotopic (exact) mass is 393 g/mol. The van der Waals surface area contributed by atoms with E-state index in [0.717, 1.165) is 12.0 Å². The molecule has 1 unspecified atom stereocenters. The summed E-state index contributed by atoms with van der Waals surface area (Å²) in [7, 11) is 0. The highest BCUT2D eigenvalue weighted by Crippen LogP contribution is 2.36. The first-order valence-corrected chi connectivity index (χ1v) is 9.91. The van der Waals surface area contributed by atoms with Crippen molar-refractivity contribution in [3.63, 3.8) is 0 Å². The fraction of sp³-hybridized carbons (Fsp3) is 0.571. The number of amides is 1. The number of ketones is 1. The zero-order chi connectivity index (χ0) is 20.2. The summed E-state index contributed by atoms with van der Waals surface area (Å²) in [5.74, 6) is -1.48. The molecule has 1 fully saturated rings.